The van der Waals surface area contributed by atoms with Crippen molar-refractivity contribution < 1.29 is 9.84 Å². The van der Waals surface area contributed by atoms with Gasteiger partial charge in [0.1, 0.15) is 0 Å². The number of hydrogen-bond donors (Lipinski definition) is 1. The van der Waals surface area contributed by atoms with Crippen LogP contribution in [0.5, 0.6) is 0 Å². The molecule has 0 radical (unpaired) electrons. The molecule has 0 bridgehead atoms. The van der Waals surface area contributed by atoms with Crippen LogP contribution in [0.3, 0.4) is 0 Å². The zero-order valence-corrected chi connectivity index (χ0v) is 8.54. The Hall–Kier alpha value is -0.900. The van der Waals surface area contributed by atoms with E-state index in [1.807, 2.05) is 30.3 Å². The molecule has 4 atom stereocenters. The van der Waals surface area contributed by atoms with E-state index in [0.29, 0.717) is 12.6 Å². The van der Waals surface area contributed by atoms with E-state index in [9.17, 15) is 5.11 Å². The fraction of sp³-hybridized carbons (Fsp3) is 0.500. The summed E-state index contributed by atoms with van der Waals surface area (Å²) in [5.74, 6) is 0. The summed E-state index contributed by atoms with van der Waals surface area (Å²) in [6.07, 6.45) is -0.280. The Morgan fingerprint density at radius 2 is 2.07 bits per heavy atom. The van der Waals surface area contributed by atoms with E-state index in [4.69, 9.17) is 4.74 Å². The lowest BCUT2D eigenvalue weighted by atomic mass is 10.2. The van der Waals surface area contributed by atoms with Crippen LogP contribution in [0.1, 0.15) is 5.56 Å². The zero-order chi connectivity index (χ0) is 10.3. The summed E-state index contributed by atoms with van der Waals surface area (Å²) in [4.78, 5) is 2.25. The maximum atomic E-state index is 9.81. The average Bonchev–Trinajstić information content (AvgIpc) is 2.98. The highest BCUT2D eigenvalue weighted by Gasteiger charge is 2.51. The second-order valence-electron chi connectivity index (χ2n) is 4.35. The summed E-state index contributed by atoms with van der Waals surface area (Å²) in [6.45, 7) is 2.54. The van der Waals surface area contributed by atoms with Crippen LogP contribution in [0, 0.1) is 0 Å². The first-order valence-corrected chi connectivity index (χ1v) is 5.42. The van der Waals surface area contributed by atoms with Crippen molar-refractivity contribution in [2.75, 3.05) is 13.1 Å². The van der Waals surface area contributed by atoms with E-state index in [1.165, 1.54) is 5.56 Å². The molecule has 0 saturated carbocycles. The summed E-state index contributed by atoms with van der Waals surface area (Å²) in [7, 11) is 0. The third kappa shape index (κ3) is 1.78. The van der Waals surface area contributed by atoms with Crippen molar-refractivity contribution in [2.45, 2.75) is 24.9 Å². The van der Waals surface area contributed by atoms with Crippen LogP contribution in [0.25, 0.3) is 0 Å². The van der Waals surface area contributed by atoms with Crippen LogP contribution in [0.4, 0.5) is 0 Å². The Morgan fingerprint density at radius 1 is 1.27 bits per heavy atom. The van der Waals surface area contributed by atoms with Gasteiger partial charge in [0, 0.05) is 13.1 Å². The largest absolute Gasteiger partial charge is 0.389 e. The molecule has 0 amide bonds. The van der Waals surface area contributed by atoms with Gasteiger partial charge in [0.25, 0.3) is 0 Å². The summed E-state index contributed by atoms with van der Waals surface area (Å²) >= 11 is 0. The normalized spacial score (nSPS) is 37.7. The van der Waals surface area contributed by atoms with Crippen LogP contribution in [0.2, 0.25) is 0 Å². The number of fused-ring (bicyclic) bond motifs is 1. The van der Waals surface area contributed by atoms with Gasteiger partial charge in [-0.05, 0) is 5.56 Å². The molecule has 2 aliphatic rings. The Labute approximate surface area is 89.3 Å². The number of benzene rings is 1. The third-order valence-corrected chi connectivity index (χ3v) is 3.25. The molecule has 0 aliphatic carbocycles. The molecule has 1 N–H and O–H groups in total. The minimum Gasteiger partial charge on any atom is -0.389 e. The standard InChI is InChI=1S/C12H15NO2/c14-12-10-6-13(10)7-11(12)15-8-9-4-2-1-3-5-9/h1-5,10-12,14H,6-8H2/t10-,11-,12+,13?/m0/s1. The maximum absolute atomic E-state index is 9.81. The quantitative estimate of drug-likeness (QED) is 0.735. The van der Waals surface area contributed by atoms with Crippen molar-refractivity contribution >= 4 is 0 Å². The summed E-state index contributed by atoms with van der Waals surface area (Å²) in [5.41, 5.74) is 1.17. The second kappa shape index (κ2) is 3.59. The minimum atomic E-state index is -0.284. The van der Waals surface area contributed by atoms with Gasteiger partial charge < -0.3 is 9.84 Å². The first kappa shape index (κ1) is 9.33. The Kier molecular flexibility index (Phi) is 2.24. The topological polar surface area (TPSA) is 32.5 Å². The van der Waals surface area contributed by atoms with Crippen LogP contribution < -0.4 is 0 Å². The van der Waals surface area contributed by atoms with Gasteiger partial charge >= 0.3 is 0 Å². The van der Waals surface area contributed by atoms with E-state index in [0.717, 1.165) is 13.1 Å². The monoisotopic (exact) mass is 205 g/mol. The zero-order valence-electron chi connectivity index (χ0n) is 8.54. The van der Waals surface area contributed by atoms with Gasteiger partial charge in [0.05, 0.1) is 24.9 Å². The van der Waals surface area contributed by atoms with Crippen LogP contribution >= 0.6 is 0 Å². The molecule has 1 aromatic rings. The summed E-state index contributed by atoms with van der Waals surface area (Å²) in [6, 6.07) is 10.5. The molecular formula is C12H15NO2. The fourth-order valence-electron chi connectivity index (χ4n) is 2.24. The molecule has 2 heterocycles. The molecule has 2 saturated heterocycles. The van der Waals surface area contributed by atoms with E-state index < -0.39 is 0 Å². The molecule has 80 valence electrons. The lowest BCUT2D eigenvalue weighted by Crippen LogP contribution is -2.31. The van der Waals surface area contributed by atoms with Crippen LogP contribution in [0.15, 0.2) is 30.3 Å². The molecule has 2 aliphatic heterocycles. The first-order valence-electron chi connectivity index (χ1n) is 5.42. The predicted molar refractivity (Wildman–Crippen MR) is 56.4 cm³/mol. The molecule has 15 heavy (non-hydrogen) atoms. The Morgan fingerprint density at radius 3 is 2.73 bits per heavy atom. The second-order valence-corrected chi connectivity index (χ2v) is 4.35. The van der Waals surface area contributed by atoms with Crippen molar-refractivity contribution in [2.24, 2.45) is 0 Å². The van der Waals surface area contributed by atoms with E-state index in [1.54, 1.807) is 0 Å². The molecule has 3 rings (SSSR count). The van der Waals surface area contributed by atoms with Gasteiger partial charge in [0.15, 0.2) is 0 Å². The van der Waals surface area contributed by atoms with Gasteiger partial charge in [-0.15, -0.1) is 0 Å². The number of aliphatic hydroxyl groups excluding tert-OH is 1. The van der Waals surface area contributed by atoms with E-state index >= 15 is 0 Å². The lowest BCUT2D eigenvalue weighted by molar-refractivity contribution is -0.0266. The molecule has 1 unspecified atom stereocenters. The van der Waals surface area contributed by atoms with Crippen LogP contribution in [-0.4, -0.2) is 41.3 Å². The third-order valence-electron chi connectivity index (χ3n) is 3.25. The molecule has 1 aromatic carbocycles. The maximum Gasteiger partial charge on any atom is 0.0981 e. The van der Waals surface area contributed by atoms with Crippen molar-refractivity contribution in [1.82, 2.24) is 4.90 Å². The number of piperidine rings is 1. The lowest BCUT2D eigenvalue weighted by Gasteiger charge is -2.17. The van der Waals surface area contributed by atoms with Crippen molar-refractivity contribution in [1.29, 1.82) is 0 Å². The molecular weight excluding hydrogens is 190 g/mol. The van der Waals surface area contributed by atoms with E-state index in [2.05, 4.69) is 4.90 Å². The first-order chi connectivity index (χ1) is 7.34. The predicted octanol–water partition coefficient (Wildman–Crippen LogP) is 0.631. The highest BCUT2D eigenvalue weighted by molar-refractivity contribution is 5.14. The SMILES string of the molecule is O[C@H]1[C@@H](OCc2ccccc2)CN2C[C@@H]12. The molecule has 3 nitrogen and oxygen atoms in total. The summed E-state index contributed by atoms with van der Waals surface area (Å²) in [5, 5.41) is 9.81. The van der Waals surface area contributed by atoms with Crippen molar-refractivity contribution in [3.05, 3.63) is 35.9 Å². The van der Waals surface area contributed by atoms with Gasteiger partial charge in [-0.3, -0.25) is 4.90 Å². The minimum absolute atomic E-state index is 0.00366. The molecule has 2 fully saturated rings. The molecule has 0 aromatic heterocycles. The van der Waals surface area contributed by atoms with E-state index in [-0.39, 0.29) is 12.2 Å². The molecule has 0 spiro atoms. The Bertz CT molecular complexity index is 341. The number of ether oxygens (including phenoxy) is 1. The highest BCUT2D eigenvalue weighted by Crippen LogP contribution is 2.32. The smallest absolute Gasteiger partial charge is 0.0981 e. The highest BCUT2D eigenvalue weighted by atomic mass is 16.5. The van der Waals surface area contributed by atoms with Gasteiger partial charge in [0.2, 0.25) is 0 Å². The summed E-state index contributed by atoms with van der Waals surface area (Å²) < 4.78 is 5.71. The number of rotatable bonds is 3. The van der Waals surface area contributed by atoms with Crippen molar-refractivity contribution in [3.63, 3.8) is 0 Å². The van der Waals surface area contributed by atoms with Crippen LogP contribution in [-0.2, 0) is 11.3 Å². The number of nitrogens with zero attached hydrogens (tertiary/aromatic N) is 1. The van der Waals surface area contributed by atoms with Gasteiger partial charge in [-0.2, -0.15) is 0 Å². The Balaban J connectivity index is 1.54. The fourth-order valence-corrected chi connectivity index (χ4v) is 2.24. The van der Waals surface area contributed by atoms with Crippen molar-refractivity contribution in [3.8, 4) is 0 Å². The number of aliphatic hydroxyl groups is 1. The van der Waals surface area contributed by atoms with Gasteiger partial charge in [-0.25, -0.2) is 0 Å². The van der Waals surface area contributed by atoms with Gasteiger partial charge in [-0.1, -0.05) is 30.3 Å². The number of hydrogen-bond acceptors (Lipinski definition) is 3. The average molecular weight is 205 g/mol. The molecule has 3 heteroatoms.